The summed E-state index contributed by atoms with van der Waals surface area (Å²) in [5, 5.41) is 0. The SMILES string of the molecule is O=C([C@@H]1CC=CCC1)N1CCC[C@H](CN2CCCCCC2)C1. The highest BCUT2D eigenvalue weighted by Gasteiger charge is 2.29. The fraction of sp³-hybridized carbons (Fsp3) is 0.842. The summed E-state index contributed by atoms with van der Waals surface area (Å²) in [4.78, 5) is 17.6. The molecule has 0 aromatic rings. The largest absolute Gasteiger partial charge is 0.342 e. The number of hydrogen-bond donors (Lipinski definition) is 0. The quantitative estimate of drug-likeness (QED) is 0.746. The fourth-order valence-electron chi connectivity index (χ4n) is 4.37. The molecule has 2 heterocycles. The first kappa shape index (κ1) is 16.0. The molecular weight excluding hydrogens is 272 g/mol. The molecule has 0 saturated carbocycles. The zero-order valence-electron chi connectivity index (χ0n) is 14.0. The first-order valence-corrected chi connectivity index (χ1v) is 9.49. The van der Waals surface area contributed by atoms with Gasteiger partial charge in [-0.1, -0.05) is 25.0 Å². The summed E-state index contributed by atoms with van der Waals surface area (Å²) in [6.45, 7) is 5.77. The average molecular weight is 304 g/mol. The van der Waals surface area contributed by atoms with E-state index in [1.54, 1.807) is 0 Å². The summed E-state index contributed by atoms with van der Waals surface area (Å²) in [7, 11) is 0. The Morgan fingerprint density at radius 3 is 2.50 bits per heavy atom. The van der Waals surface area contributed by atoms with Crippen LogP contribution in [-0.4, -0.2) is 48.4 Å². The molecule has 3 nitrogen and oxygen atoms in total. The Labute approximate surface area is 135 Å². The zero-order chi connectivity index (χ0) is 15.2. The summed E-state index contributed by atoms with van der Waals surface area (Å²) in [6, 6.07) is 0. The third-order valence-electron chi connectivity index (χ3n) is 5.66. The number of piperidine rings is 1. The molecule has 3 aliphatic rings. The number of rotatable bonds is 3. The van der Waals surface area contributed by atoms with Crippen LogP contribution in [0.25, 0.3) is 0 Å². The fourth-order valence-corrected chi connectivity index (χ4v) is 4.37. The molecule has 0 bridgehead atoms. The minimum Gasteiger partial charge on any atom is -0.342 e. The van der Waals surface area contributed by atoms with Gasteiger partial charge in [-0.25, -0.2) is 0 Å². The van der Waals surface area contributed by atoms with Crippen molar-refractivity contribution >= 4 is 5.91 Å². The van der Waals surface area contributed by atoms with Crippen LogP contribution in [0, 0.1) is 11.8 Å². The molecule has 0 radical (unpaired) electrons. The molecule has 22 heavy (non-hydrogen) atoms. The molecule has 0 N–H and O–H groups in total. The summed E-state index contributed by atoms with van der Waals surface area (Å²) >= 11 is 0. The lowest BCUT2D eigenvalue weighted by molar-refractivity contribution is -0.137. The molecular formula is C19H32N2O. The number of likely N-dealkylation sites (tertiary alicyclic amines) is 2. The van der Waals surface area contributed by atoms with Gasteiger partial charge < -0.3 is 9.80 Å². The molecule has 124 valence electrons. The molecule has 1 amide bonds. The molecule has 2 fully saturated rings. The van der Waals surface area contributed by atoms with Crippen molar-refractivity contribution in [3.63, 3.8) is 0 Å². The Kier molecular flexibility index (Phi) is 5.94. The van der Waals surface area contributed by atoms with Crippen molar-refractivity contribution in [1.82, 2.24) is 9.80 Å². The van der Waals surface area contributed by atoms with Gasteiger partial charge >= 0.3 is 0 Å². The van der Waals surface area contributed by atoms with E-state index in [4.69, 9.17) is 0 Å². The highest BCUT2D eigenvalue weighted by atomic mass is 16.2. The van der Waals surface area contributed by atoms with Gasteiger partial charge in [-0.3, -0.25) is 4.79 Å². The standard InChI is InChI=1S/C19H32N2O/c22-19(18-10-4-3-5-11-18)21-14-8-9-17(16-21)15-20-12-6-1-2-7-13-20/h3-4,17-18H,1-2,5-16H2/t17-,18-/m1/s1. The Balaban J connectivity index is 1.50. The number of nitrogens with zero attached hydrogens (tertiary/aromatic N) is 2. The van der Waals surface area contributed by atoms with E-state index in [2.05, 4.69) is 22.0 Å². The minimum atomic E-state index is 0.266. The summed E-state index contributed by atoms with van der Waals surface area (Å²) in [5.74, 6) is 1.40. The molecule has 2 atom stereocenters. The van der Waals surface area contributed by atoms with Crippen molar-refractivity contribution in [2.45, 2.75) is 57.8 Å². The number of hydrogen-bond acceptors (Lipinski definition) is 2. The van der Waals surface area contributed by atoms with Gasteiger partial charge in [0.1, 0.15) is 0 Å². The topological polar surface area (TPSA) is 23.6 Å². The number of allylic oxidation sites excluding steroid dienone is 2. The van der Waals surface area contributed by atoms with Crippen LogP contribution < -0.4 is 0 Å². The molecule has 1 aliphatic carbocycles. The average Bonchev–Trinajstić information content (AvgIpc) is 2.84. The second-order valence-corrected chi connectivity index (χ2v) is 7.49. The van der Waals surface area contributed by atoms with Crippen LogP contribution in [-0.2, 0) is 4.79 Å². The molecule has 0 unspecified atom stereocenters. The normalized spacial score (nSPS) is 31.0. The maximum atomic E-state index is 12.7. The van der Waals surface area contributed by atoms with E-state index in [0.717, 1.165) is 32.4 Å². The minimum absolute atomic E-state index is 0.266. The van der Waals surface area contributed by atoms with E-state index in [1.165, 1.54) is 58.2 Å². The Morgan fingerprint density at radius 2 is 1.77 bits per heavy atom. The summed E-state index contributed by atoms with van der Waals surface area (Å²) in [6.07, 6.45) is 15.6. The van der Waals surface area contributed by atoms with Crippen LogP contribution in [0.15, 0.2) is 12.2 Å². The Hall–Kier alpha value is -0.830. The molecule has 2 saturated heterocycles. The maximum Gasteiger partial charge on any atom is 0.226 e. The third-order valence-corrected chi connectivity index (χ3v) is 5.66. The second kappa shape index (κ2) is 8.14. The van der Waals surface area contributed by atoms with Crippen LogP contribution in [0.3, 0.4) is 0 Å². The van der Waals surface area contributed by atoms with Crippen LogP contribution in [0.2, 0.25) is 0 Å². The monoisotopic (exact) mass is 304 g/mol. The first-order chi connectivity index (χ1) is 10.8. The molecule has 2 aliphatic heterocycles. The Bertz CT molecular complexity index is 385. The smallest absolute Gasteiger partial charge is 0.226 e. The van der Waals surface area contributed by atoms with Crippen LogP contribution in [0.4, 0.5) is 0 Å². The zero-order valence-corrected chi connectivity index (χ0v) is 14.0. The first-order valence-electron chi connectivity index (χ1n) is 9.49. The van der Waals surface area contributed by atoms with Gasteiger partial charge in [-0.05, 0) is 64.0 Å². The summed E-state index contributed by atoms with van der Waals surface area (Å²) < 4.78 is 0. The van der Waals surface area contributed by atoms with Gasteiger partial charge in [0.05, 0.1) is 0 Å². The van der Waals surface area contributed by atoms with Crippen molar-refractivity contribution in [3.8, 4) is 0 Å². The lowest BCUT2D eigenvalue weighted by atomic mass is 9.90. The van der Waals surface area contributed by atoms with E-state index >= 15 is 0 Å². The van der Waals surface area contributed by atoms with Crippen LogP contribution in [0.5, 0.6) is 0 Å². The van der Waals surface area contributed by atoms with Crippen LogP contribution >= 0.6 is 0 Å². The van der Waals surface area contributed by atoms with Gasteiger partial charge in [0.15, 0.2) is 0 Å². The van der Waals surface area contributed by atoms with Gasteiger partial charge in [0, 0.05) is 25.6 Å². The molecule has 0 spiro atoms. The van der Waals surface area contributed by atoms with Crippen molar-refractivity contribution < 1.29 is 4.79 Å². The van der Waals surface area contributed by atoms with Gasteiger partial charge in [0.2, 0.25) is 5.91 Å². The maximum absolute atomic E-state index is 12.7. The van der Waals surface area contributed by atoms with Crippen molar-refractivity contribution in [3.05, 3.63) is 12.2 Å². The lowest BCUT2D eigenvalue weighted by Gasteiger charge is -2.37. The lowest BCUT2D eigenvalue weighted by Crippen LogP contribution is -2.46. The molecule has 0 aromatic heterocycles. The van der Waals surface area contributed by atoms with Crippen LogP contribution in [0.1, 0.15) is 57.8 Å². The molecule has 0 aromatic carbocycles. The number of carbonyl (C=O) groups excluding carboxylic acids is 1. The Morgan fingerprint density at radius 1 is 0.955 bits per heavy atom. The second-order valence-electron chi connectivity index (χ2n) is 7.49. The van der Waals surface area contributed by atoms with E-state index in [1.807, 2.05) is 0 Å². The summed E-state index contributed by atoms with van der Waals surface area (Å²) in [5.41, 5.74) is 0. The third kappa shape index (κ3) is 4.34. The molecule has 3 rings (SSSR count). The van der Waals surface area contributed by atoms with E-state index in [-0.39, 0.29) is 5.92 Å². The molecule has 3 heteroatoms. The predicted molar refractivity (Wildman–Crippen MR) is 90.7 cm³/mol. The van der Waals surface area contributed by atoms with Crippen molar-refractivity contribution in [1.29, 1.82) is 0 Å². The van der Waals surface area contributed by atoms with E-state index in [9.17, 15) is 4.79 Å². The highest BCUT2D eigenvalue weighted by Crippen LogP contribution is 2.25. The van der Waals surface area contributed by atoms with Gasteiger partial charge in [0.25, 0.3) is 0 Å². The van der Waals surface area contributed by atoms with Crippen molar-refractivity contribution in [2.24, 2.45) is 11.8 Å². The predicted octanol–water partition coefficient (Wildman–Crippen LogP) is 3.46. The van der Waals surface area contributed by atoms with E-state index in [0.29, 0.717) is 11.8 Å². The number of carbonyl (C=O) groups is 1. The van der Waals surface area contributed by atoms with Gasteiger partial charge in [-0.2, -0.15) is 0 Å². The van der Waals surface area contributed by atoms with Gasteiger partial charge in [-0.15, -0.1) is 0 Å². The van der Waals surface area contributed by atoms with E-state index < -0.39 is 0 Å². The van der Waals surface area contributed by atoms with Crippen molar-refractivity contribution in [2.75, 3.05) is 32.7 Å². The highest BCUT2D eigenvalue weighted by molar-refractivity contribution is 5.79. The number of amides is 1.